The molecule has 0 spiro atoms. The van der Waals surface area contributed by atoms with Crippen LogP contribution < -0.4 is 5.32 Å². The van der Waals surface area contributed by atoms with Crippen molar-refractivity contribution in [2.45, 2.75) is 64.4 Å². The first-order valence-electron chi connectivity index (χ1n) is 9.84. The van der Waals surface area contributed by atoms with Gasteiger partial charge < -0.3 is 15.2 Å². The van der Waals surface area contributed by atoms with Crippen LogP contribution in [0.15, 0.2) is 24.3 Å². The van der Waals surface area contributed by atoms with E-state index in [9.17, 15) is 9.59 Å². The Morgan fingerprint density at radius 1 is 1.26 bits per heavy atom. The number of benzene rings is 1. The lowest BCUT2D eigenvalue weighted by atomic mass is 9.82. The first kappa shape index (κ1) is 21.7. The Kier molecular flexibility index (Phi) is 8.58. The van der Waals surface area contributed by atoms with Gasteiger partial charge in [0.15, 0.2) is 6.10 Å². The molecule has 1 amide bonds. The molecule has 150 valence electrons. The summed E-state index contributed by atoms with van der Waals surface area (Å²) in [5.74, 6) is -0.854. The van der Waals surface area contributed by atoms with Crippen molar-refractivity contribution in [3.8, 4) is 0 Å². The Balaban J connectivity index is 1.77. The highest BCUT2D eigenvalue weighted by Gasteiger charge is 2.40. The molecule has 27 heavy (non-hydrogen) atoms. The highest BCUT2D eigenvalue weighted by Crippen LogP contribution is 2.41. The zero-order valence-electron chi connectivity index (χ0n) is 16.0. The Hall–Kier alpha value is -1.59. The van der Waals surface area contributed by atoms with Gasteiger partial charge in [-0.05, 0) is 56.2 Å². The molecular weight excluding hydrogens is 366 g/mol. The second kappa shape index (κ2) is 10.7. The molecular formula is C21H30ClNO4. The number of halogens is 1. The number of amides is 1. The number of ether oxygens (including phenoxy) is 1. The number of hydrogen-bond acceptors (Lipinski definition) is 3. The van der Waals surface area contributed by atoms with E-state index in [1.807, 2.05) is 24.3 Å². The summed E-state index contributed by atoms with van der Waals surface area (Å²) in [6.07, 6.45) is 5.76. The van der Waals surface area contributed by atoms with Gasteiger partial charge in [-0.3, -0.25) is 4.79 Å². The van der Waals surface area contributed by atoms with Crippen molar-refractivity contribution in [2.75, 3.05) is 13.2 Å². The Labute approximate surface area is 166 Å². The summed E-state index contributed by atoms with van der Waals surface area (Å²) < 4.78 is 5.49. The highest BCUT2D eigenvalue weighted by atomic mass is 35.5. The van der Waals surface area contributed by atoms with Crippen LogP contribution in [-0.2, 0) is 20.7 Å². The number of carboxylic acids is 1. The summed E-state index contributed by atoms with van der Waals surface area (Å²) in [5.41, 5.74) is 0.800. The maximum Gasteiger partial charge on any atom is 0.332 e. The van der Waals surface area contributed by atoms with Gasteiger partial charge in [0.2, 0.25) is 5.91 Å². The van der Waals surface area contributed by atoms with E-state index in [1.54, 1.807) is 6.92 Å². The average molecular weight is 396 g/mol. The van der Waals surface area contributed by atoms with E-state index in [0.29, 0.717) is 26.0 Å². The maximum absolute atomic E-state index is 12.8. The molecule has 0 heterocycles. The lowest BCUT2D eigenvalue weighted by molar-refractivity contribution is -0.151. The second-order valence-corrected chi connectivity index (χ2v) is 7.77. The molecule has 0 bridgehead atoms. The molecule has 6 heteroatoms. The molecule has 0 aliphatic heterocycles. The van der Waals surface area contributed by atoms with Gasteiger partial charge >= 0.3 is 5.97 Å². The molecule has 0 aromatic heterocycles. The van der Waals surface area contributed by atoms with Crippen LogP contribution in [-0.4, -0.2) is 36.2 Å². The number of aliphatic carboxylic acids is 1. The summed E-state index contributed by atoms with van der Waals surface area (Å²) in [4.78, 5) is 23.9. The molecule has 1 atom stereocenters. The third kappa shape index (κ3) is 6.51. The smallest absolute Gasteiger partial charge is 0.332 e. The van der Waals surface area contributed by atoms with E-state index in [4.69, 9.17) is 21.4 Å². The minimum atomic E-state index is -0.940. The van der Waals surface area contributed by atoms with Crippen molar-refractivity contribution in [2.24, 2.45) is 5.41 Å². The van der Waals surface area contributed by atoms with E-state index >= 15 is 0 Å². The van der Waals surface area contributed by atoms with Crippen LogP contribution in [0.25, 0.3) is 0 Å². The summed E-state index contributed by atoms with van der Waals surface area (Å²) in [5, 5.41) is 12.9. The van der Waals surface area contributed by atoms with Crippen molar-refractivity contribution in [3.63, 3.8) is 0 Å². The molecule has 2 N–H and O–H groups in total. The lowest BCUT2D eigenvalue weighted by Crippen LogP contribution is -2.41. The minimum Gasteiger partial charge on any atom is -0.479 e. The largest absolute Gasteiger partial charge is 0.479 e. The highest BCUT2D eigenvalue weighted by molar-refractivity contribution is 6.30. The third-order valence-electron chi connectivity index (χ3n) is 5.43. The molecule has 0 saturated heterocycles. The van der Waals surface area contributed by atoms with Crippen LogP contribution in [0.1, 0.15) is 57.4 Å². The Morgan fingerprint density at radius 2 is 1.93 bits per heavy atom. The standard InChI is InChI=1S/C21H30ClNO4/c1-2-18(19(24)25)27-15-13-21(11-3-4-12-21)20(26)23-14-5-6-16-7-9-17(22)10-8-16/h7-10,18H,2-6,11-15H2,1H3,(H,23,26)(H,24,25)/t18-/m0/s1. The molecule has 1 aliphatic carbocycles. The molecule has 0 radical (unpaired) electrons. The first-order chi connectivity index (χ1) is 13.0. The number of carbonyl (C=O) groups excluding carboxylic acids is 1. The van der Waals surface area contributed by atoms with Gasteiger partial charge in [0.1, 0.15) is 0 Å². The van der Waals surface area contributed by atoms with Crippen molar-refractivity contribution < 1.29 is 19.4 Å². The van der Waals surface area contributed by atoms with Gasteiger partial charge in [0.05, 0.1) is 5.41 Å². The van der Waals surface area contributed by atoms with E-state index < -0.39 is 17.5 Å². The first-order valence-corrected chi connectivity index (χ1v) is 10.2. The molecule has 1 fully saturated rings. The minimum absolute atomic E-state index is 0.0862. The van der Waals surface area contributed by atoms with Crippen molar-refractivity contribution in [1.29, 1.82) is 0 Å². The van der Waals surface area contributed by atoms with E-state index in [-0.39, 0.29) is 5.91 Å². The fourth-order valence-electron chi connectivity index (χ4n) is 3.74. The van der Waals surface area contributed by atoms with Gasteiger partial charge in [0, 0.05) is 18.2 Å². The molecule has 0 unspecified atom stereocenters. The third-order valence-corrected chi connectivity index (χ3v) is 5.68. The molecule has 1 aromatic rings. The van der Waals surface area contributed by atoms with Gasteiger partial charge in [-0.25, -0.2) is 4.79 Å². The normalized spacial score (nSPS) is 16.8. The summed E-state index contributed by atoms with van der Waals surface area (Å²) >= 11 is 5.89. The maximum atomic E-state index is 12.8. The van der Waals surface area contributed by atoms with Crippen LogP contribution in [0.2, 0.25) is 5.02 Å². The average Bonchev–Trinajstić information content (AvgIpc) is 3.13. The van der Waals surface area contributed by atoms with Gasteiger partial charge in [0.25, 0.3) is 0 Å². The molecule has 1 aliphatic rings. The van der Waals surface area contributed by atoms with Crippen LogP contribution in [0.5, 0.6) is 0 Å². The summed E-state index contributed by atoms with van der Waals surface area (Å²) in [6.45, 7) is 2.73. The predicted molar refractivity (Wildman–Crippen MR) is 106 cm³/mol. The SMILES string of the molecule is CC[C@H](OCCC1(C(=O)NCCCc2ccc(Cl)cc2)CCCC1)C(=O)O. The zero-order valence-corrected chi connectivity index (χ0v) is 16.8. The zero-order chi connectivity index (χ0) is 19.7. The van der Waals surface area contributed by atoms with Crippen LogP contribution in [0.3, 0.4) is 0 Å². The molecule has 5 nitrogen and oxygen atoms in total. The monoisotopic (exact) mass is 395 g/mol. The second-order valence-electron chi connectivity index (χ2n) is 7.33. The van der Waals surface area contributed by atoms with E-state index in [1.165, 1.54) is 5.56 Å². The van der Waals surface area contributed by atoms with Crippen LogP contribution in [0.4, 0.5) is 0 Å². The Bertz CT molecular complexity index is 611. The number of carboxylic acid groups (broad SMARTS) is 1. The van der Waals surface area contributed by atoms with Crippen LogP contribution in [0, 0.1) is 5.41 Å². The molecule has 1 saturated carbocycles. The summed E-state index contributed by atoms with van der Waals surface area (Å²) in [6, 6.07) is 7.77. The summed E-state index contributed by atoms with van der Waals surface area (Å²) in [7, 11) is 0. The predicted octanol–water partition coefficient (Wildman–Crippen LogP) is 4.22. The number of aryl methyl sites for hydroxylation is 1. The fraction of sp³-hybridized carbons (Fsp3) is 0.619. The number of hydrogen-bond donors (Lipinski definition) is 2. The number of nitrogens with one attached hydrogen (secondary N) is 1. The van der Waals surface area contributed by atoms with Crippen LogP contribution >= 0.6 is 11.6 Å². The lowest BCUT2D eigenvalue weighted by Gasteiger charge is -2.28. The number of carbonyl (C=O) groups is 2. The number of rotatable bonds is 11. The topological polar surface area (TPSA) is 75.6 Å². The van der Waals surface area contributed by atoms with Gasteiger partial charge in [-0.2, -0.15) is 0 Å². The Morgan fingerprint density at radius 3 is 2.52 bits per heavy atom. The molecule has 2 rings (SSSR count). The fourth-order valence-corrected chi connectivity index (χ4v) is 3.86. The van der Waals surface area contributed by atoms with Gasteiger partial charge in [-0.15, -0.1) is 0 Å². The van der Waals surface area contributed by atoms with E-state index in [2.05, 4.69) is 5.32 Å². The molecule has 1 aromatic carbocycles. The van der Waals surface area contributed by atoms with E-state index in [0.717, 1.165) is 43.5 Å². The van der Waals surface area contributed by atoms with Gasteiger partial charge in [-0.1, -0.05) is 43.5 Å². The van der Waals surface area contributed by atoms with Crippen molar-refractivity contribution in [1.82, 2.24) is 5.32 Å². The quantitative estimate of drug-likeness (QED) is 0.550. The van der Waals surface area contributed by atoms with Crippen molar-refractivity contribution >= 4 is 23.5 Å². The van der Waals surface area contributed by atoms with Crippen molar-refractivity contribution in [3.05, 3.63) is 34.9 Å².